The van der Waals surface area contributed by atoms with Crippen molar-refractivity contribution in [3.8, 4) is 12.1 Å². The molecule has 6 nitrogen and oxygen atoms in total. The molecule has 0 spiro atoms. The van der Waals surface area contributed by atoms with E-state index in [2.05, 4.69) is 11.1 Å². The number of halogens is 1. The lowest BCUT2D eigenvalue weighted by molar-refractivity contribution is -0.743. The lowest BCUT2D eigenvalue weighted by atomic mass is 9.70. The first-order valence-corrected chi connectivity index (χ1v) is 9.64. The summed E-state index contributed by atoms with van der Waals surface area (Å²) in [6.45, 7) is 0. The highest BCUT2D eigenvalue weighted by molar-refractivity contribution is 6.13. The van der Waals surface area contributed by atoms with Gasteiger partial charge in [-0.25, -0.2) is 15.3 Å². The molecule has 4 atom stereocenters. The second-order valence-corrected chi connectivity index (χ2v) is 7.57. The summed E-state index contributed by atoms with van der Waals surface area (Å²) < 4.78 is 16.7. The minimum Gasteiger partial charge on any atom is -0.762 e. The van der Waals surface area contributed by atoms with Gasteiger partial charge in [0.15, 0.2) is 12.4 Å². The Morgan fingerprint density at radius 1 is 1.17 bits per heavy atom. The number of hydrogen-bond acceptors (Lipinski definition) is 4. The number of aliphatic hydroxyl groups is 1. The fourth-order valence-corrected chi connectivity index (χ4v) is 4.38. The van der Waals surface area contributed by atoms with E-state index in [9.17, 15) is 25.4 Å². The van der Waals surface area contributed by atoms with Gasteiger partial charge >= 0.3 is 0 Å². The molecule has 148 valence electrons. The van der Waals surface area contributed by atoms with Crippen molar-refractivity contribution in [3.63, 3.8) is 0 Å². The monoisotopic (exact) mass is 399 g/mol. The molecule has 1 aromatic heterocycles. The molecule has 1 aliphatic carbocycles. The lowest BCUT2D eigenvalue weighted by Crippen LogP contribution is -2.60. The van der Waals surface area contributed by atoms with Crippen LogP contribution in [0.5, 0.6) is 0 Å². The second kappa shape index (κ2) is 7.65. The van der Waals surface area contributed by atoms with Crippen LogP contribution >= 0.6 is 0 Å². The number of nitrogens with zero attached hydrogens (tertiary/aromatic N) is 5. The highest BCUT2D eigenvalue weighted by atomic mass is 19.1. The molecule has 1 aliphatic heterocycles. The summed E-state index contributed by atoms with van der Waals surface area (Å²) in [5, 5.41) is 40.7. The third-order valence-electron chi connectivity index (χ3n) is 5.85. The van der Waals surface area contributed by atoms with Gasteiger partial charge in [-0.15, -0.1) is 0 Å². The fourth-order valence-electron chi connectivity index (χ4n) is 4.38. The minimum atomic E-state index is -1.68. The van der Waals surface area contributed by atoms with Crippen LogP contribution in [0.25, 0.3) is 5.41 Å². The number of allylic oxidation sites excluding steroid dienone is 1. The number of rotatable bonds is 4. The average molecular weight is 399 g/mol. The van der Waals surface area contributed by atoms with Gasteiger partial charge in [-0.1, -0.05) is 24.3 Å². The third-order valence-corrected chi connectivity index (χ3v) is 5.85. The summed E-state index contributed by atoms with van der Waals surface area (Å²) in [7, 11) is 0. The van der Waals surface area contributed by atoms with Gasteiger partial charge in [0.05, 0.1) is 23.3 Å². The number of aliphatic imine (C=N–C) groups is 1. The van der Waals surface area contributed by atoms with Crippen LogP contribution in [0.15, 0.2) is 65.4 Å². The van der Waals surface area contributed by atoms with Gasteiger partial charge in [-0.3, -0.25) is 0 Å². The maximum atomic E-state index is 15.0. The van der Waals surface area contributed by atoms with Crippen molar-refractivity contribution in [2.45, 2.75) is 30.5 Å². The van der Waals surface area contributed by atoms with E-state index in [-0.39, 0.29) is 22.8 Å². The van der Waals surface area contributed by atoms with Crippen LogP contribution < -0.4 is 4.57 Å². The zero-order valence-corrected chi connectivity index (χ0v) is 16.0. The first kappa shape index (κ1) is 19.7. The van der Waals surface area contributed by atoms with Crippen LogP contribution in [-0.4, -0.2) is 22.4 Å². The molecule has 1 N–H and O–H groups in total. The first-order chi connectivity index (χ1) is 14.5. The van der Waals surface area contributed by atoms with E-state index in [1.165, 1.54) is 6.07 Å². The fraction of sp³-hybridized carbons (Fsp3) is 0.304. The largest absolute Gasteiger partial charge is 0.762 e. The van der Waals surface area contributed by atoms with Crippen molar-refractivity contribution < 1.29 is 14.1 Å². The minimum absolute atomic E-state index is 0.0714. The number of aromatic nitrogens is 1. The summed E-state index contributed by atoms with van der Waals surface area (Å²) in [4.78, 5) is 4.46. The van der Waals surface area contributed by atoms with Crippen molar-refractivity contribution in [1.82, 2.24) is 0 Å². The maximum Gasteiger partial charge on any atom is 0.222 e. The van der Waals surface area contributed by atoms with E-state index >= 15 is 0 Å². The van der Waals surface area contributed by atoms with E-state index in [1.807, 2.05) is 6.07 Å². The smallest absolute Gasteiger partial charge is 0.222 e. The number of hydrogen-bond donors (Lipinski definition) is 1. The highest BCUT2D eigenvalue weighted by Crippen LogP contribution is 2.54. The van der Waals surface area contributed by atoms with Crippen molar-refractivity contribution >= 4 is 11.6 Å². The standard InChI is InChI=1S/C23H18FN5O/c24-19-7-3-2-6-17(19)20-18(14-27)21(15(12-25)13-26)28-23(30,16-8-9-16)22(20)29-10-4-1-5-11-29/h1-7,10-11,16,18,20,22,30H,8-9H2/t18-,20+,22-,23-/m0/s1. The third kappa shape index (κ3) is 3.11. The Balaban J connectivity index is 2.04. The molecule has 4 rings (SSSR count). The zero-order valence-electron chi connectivity index (χ0n) is 16.0. The summed E-state index contributed by atoms with van der Waals surface area (Å²) >= 11 is 0. The van der Waals surface area contributed by atoms with Crippen LogP contribution in [0.4, 0.5) is 4.39 Å². The molecule has 0 unspecified atom stereocenters. The summed E-state index contributed by atoms with van der Waals surface area (Å²) in [5.41, 5.74) is -1.84. The van der Waals surface area contributed by atoms with Crippen molar-refractivity contribution in [2.75, 3.05) is 0 Å². The SMILES string of the molecule is N#CC(=C=[N-])C1=N[C@](O)(C2CC2)[C@@H]([n+]2ccccc2)[C@H](c2ccccc2F)[C@@H]1C#N. The van der Waals surface area contributed by atoms with E-state index in [0.717, 1.165) is 0 Å². The van der Waals surface area contributed by atoms with Gasteiger partial charge < -0.3 is 10.5 Å². The van der Waals surface area contributed by atoms with Gasteiger partial charge in [0.25, 0.3) is 0 Å². The molecule has 1 fully saturated rings. The summed E-state index contributed by atoms with van der Waals surface area (Å²) in [6, 6.07) is 14.6. The second-order valence-electron chi connectivity index (χ2n) is 7.57. The highest BCUT2D eigenvalue weighted by Gasteiger charge is 2.62. The van der Waals surface area contributed by atoms with Gasteiger partial charge in [-0.2, -0.15) is 15.1 Å². The molecule has 2 aromatic rings. The molecule has 1 aromatic carbocycles. The number of benzene rings is 1. The van der Waals surface area contributed by atoms with Crippen LogP contribution in [0.1, 0.15) is 30.4 Å². The molecule has 0 radical (unpaired) electrons. The lowest BCUT2D eigenvalue weighted by Gasteiger charge is -2.41. The molecule has 0 bridgehead atoms. The molecule has 7 heteroatoms. The Morgan fingerprint density at radius 3 is 2.43 bits per heavy atom. The first-order valence-electron chi connectivity index (χ1n) is 9.64. The molecule has 2 heterocycles. The van der Waals surface area contributed by atoms with Gasteiger partial charge in [0.1, 0.15) is 17.8 Å². The van der Waals surface area contributed by atoms with Crippen LogP contribution in [-0.2, 0) is 0 Å². The predicted molar refractivity (Wildman–Crippen MR) is 107 cm³/mol. The van der Waals surface area contributed by atoms with Gasteiger partial charge in [0, 0.05) is 18.1 Å². The maximum absolute atomic E-state index is 15.0. The topological polar surface area (TPSA) is 106 Å². The van der Waals surface area contributed by atoms with Crippen molar-refractivity contribution in [3.05, 3.63) is 77.2 Å². The molecule has 30 heavy (non-hydrogen) atoms. The van der Waals surface area contributed by atoms with E-state index in [4.69, 9.17) is 0 Å². The Hall–Kier alpha value is -3.64. The van der Waals surface area contributed by atoms with Gasteiger partial charge in [-0.05, 0) is 24.5 Å². The molecular weight excluding hydrogens is 381 g/mol. The average Bonchev–Trinajstić information content (AvgIpc) is 3.61. The number of nitriles is 2. The molecule has 2 aliphatic rings. The van der Waals surface area contributed by atoms with E-state index in [0.29, 0.717) is 12.8 Å². The van der Waals surface area contributed by atoms with Crippen LogP contribution in [0.2, 0.25) is 0 Å². The molecule has 1 saturated carbocycles. The summed E-state index contributed by atoms with van der Waals surface area (Å²) in [6.07, 6.45) is 4.93. The Labute approximate surface area is 173 Å². The molecular formula is C23H18FN5O. The normalized spacial score (nSPS) is 27.9. The quantitative estimate of drug-likeness (QED) is 0.485. The van der Waals surface area contributed by atoms with Crippen molar-refractivity contribution in [2.24, 2.45) is 16.8 Å². The zero-order chi connectivity index (χ0) is 21.3. The van der Waals surface area contributed by atoms with E-state index < -0.39 is 29.4 Å². The van der Waals surface area contributed by atoms with Crippen molar-refractivity contribution in [1.29, 1.82) is 10.5 Å². The summed E-state index contributed by atoms with van der Waals surface area (Å²) in [5.74, 6) is -0.864. The van der Waals surface area contributed by atoms with Gasteiger partial charge in [0.2, 0.25) is 11.8 Å². The Morgan fingerprint density at radius 2 is 1.87 bits per heavy atom. The van der Waals surface area contributed by atoms with Crippen LogP contribution in [0.3, 0.4) is 0 Å². The Bertz CT molecular complexity index is 1140. The molecule has 0 saturated heterocycles. The van der Waals surface area contributed by atoms with Crippen LogP contribution in [0, 0.1) is 40.3 Å². The van der Waals surface area contributed by atoms with E-state index in [1.54, 1.807) is 59.2 Å². The Kier molecular flexibility index (Phi) is 5.01. The molecule has 0 amide bonds. The predicted octanol–water partition coefficient (Wildman–Crippen LogP) is 2.82. The number of pyridine rings is 1.